The minimum absolute atomic E-state index is 0.0258. The Balaban J connectivity index is 2.17. The van der Waals surface area contributed by atoms with Crippen LogP contribution < -0.4 is 9.46 Å². The van der Waals surface area contributed by atoms with Crippen molar-refractivity contribution < 1.29 is 18.3 Å². The Morgan fingerprint density at radius 2 is 2.14 bits per heavy atom. The molecule has 1 aliphatic carbocycles. The van der Waals surface area contributed by atoms with Gasteiger partial charge < -0.3 is 9.84 Å². The Kier molecular flexibility index (Phi) is 5.24. The predicted molar refractivity (Wildman–Crippen MR) is 80.7 cm³/mol. The van der Waals surface area contributed by atoms with Gasteiger partial charge in [0.15, 0.2) is 0 Å². The highest BCUT2D eigenvalue weighted by molar-refractivity contribution is 7.89. The summed E-state index contributed by atoms with van der Waals surface area (Å²) in [5.41, 5.74) is 0.468. The van der Waals surface area contributed by atoms with Crippen LogP contribution in [0.1, 0.15) is 38.2 Å². The van der Waals surface area contributed by atoms with Gasteiger partial charge >= 0.3 is 0 Å². The minimum atomic E-state index is -3.56. The highest BCUT2D eigenvalue weighted by Gasteiger charge is 2.27. The van der Waals surface area contributed by atoms with Gasteiger partial charge in [0.25, 0.3) is 0 Å². The molecule has 0 heterocycles. The zero-order valence-electron chi connectivity index (χ0n) is 12.5. The van der Waals surface area contributed by atoms with E-state index >= 15 is 0 Å². The molecule has 0 spiro atoms. The zero-order valence-corrected chi connectivity index (χ0v) is 13.3. The van der Waals surface area contributed by atoms with Crippen molar-refractivity contribution in [1.29, 1.82) is 0 Å². The summed E-state index contributed by atoms with van der Waals surface area (Å²) in [6.45, 7) is 1.73. The molecule has 1 unspecified atom stereocenters. The molecule has 1 atom stereocenters. The van der Waals surface area contributed by atoms with Gasteiger partial charge in [0.2, 0.25) is 10.0 Å². The van der Waals surface area contributed by atoms with Crippen LogP contribution in [0.5, 0.6) is 5.75 Å². The first-order chi connectivity index (χ1) is 10.00. The van der Waals surface area contributed by atoms with Gasteiger partial charge in [-0.1, -0.05) is 19.8 Å². The van der Waals surface area contributed by atoms with Crippen LogP contribution in [0.3, 0.4) is 0 Å². The van der Waals surface area contributed by atoms with Crippen LogP contribution in [0.15, 0.2) is 23.1 Å². The summed E-state index contributed by atoms with van der Waals surface area (Å²) in [5, 5.41) is 9.30. The molecule has 0 radical (unpaired) electrons. The number of nitrogens with one attached hydrogen (secondary N) is 1. The van der Waals surface area contributed by atoms with Crippen molar-refractivity contribution in [2.24, 2.45) is 5.92 Å². The molecule has 6 heteroatoms. The number of methoxy groups -OCH3 is 1. The number of hydrogen-bond donors (Lipinski definition) is 2. The Morgan fingerprint density at radius 3 is 2.67 bits per heavy atom. The number of ether oxygens (including phenoxy) is 1. The lowest BCUT2D eigenvalue weighted by Gasteiger charge is -2.17. The molecule has 0 aliphatic heterocycles. The molecule has 21 heavy (non-hydrogen) atoms. The molecule has 0 saturated heterocycles. The van der Waals surface area contributed by atoms with Crippen molar-refractivity contribution in [3.63, 3.8) is 0 Å². The molecule has 1 saturated carbocycles. The maximum absolute atomic E-state index is 12.4. The average Bonchev–Trinajstić information content (AvgIpc) is 3.29. The second kappa shape index (κ2) is 6.77. The van der Waals surface area contributed by atoms with Crippen molar-refractivity contribution >= 4 is 10.0 Å². The lowest BCUT2D eigenvalue weighted by atomic mass is 10.1. The lowest BCUT2D eigenvalue weighted by molar-refractivity contribution is 0.273. The second-order valence-corrected chi connectivity index (χ2v) is 7.25. The van der Waals surface area contributed by atoms with E-state index in [1.165, 1.54) is 32.1 Å². The van der Waals surface area contributed by atoms with Gasteiger partial charge in [0.05, 0.1) is 18.6 Å². The van der Waals surface area contributed by atoms with Crippen molar-refractivity contribution in [3.8, 4) is 5.75 Å². The fraction of sp³-hybridized carbons (Fsp3) is 0.600. The zero-order chi connectivity index (χ0) is 15.5. The van der Waals surface area contributed by atoms with Gasteiger partial charge in [-0.15, -0.1) is 0 Å². The fourth-order valence-corrected chi connectivity index (χ4v) is 3.77. The van der Waals surface area contributed by atoms with Gasteiger partial charge in [0.1, 0.15) is 5.75 Å². The van der Waals surface area contributed by atoms with E-state index < -0.39 is 10.0 Å². The Bertz CT molecular complexity index is 581. The molecule has 5 nitrogen and oxygen atoms in total. The van der Waals surface area contributed by atoms with Gasteiger partial charge in [-0.3, -0.25) is 0 Å². The van der Waals surface area contributed by atoms with Crippen molar-refractivity contribution in [2.45, 2.75) is 50.2 Å². The van der Waals surface area contributed by atoms with E-state index in [0.29, 0.717) is 17.2 Å². The number of benzene rings is 1. The number of hydrogen-bond acceptors (Lipinski definition) is 4. The van der Waals surface area contributed by atoms with Crippen LogP contribution in [-0.4, -0.2) is 26.7 Å². The largest absolute Gasteiger partial charge is 0.496 e. The first-order valence-corrected chi connectivity index (χ1v) is 8.78. The van der Waals surface area contributed by atoms with E-state index in [1.807, 2.05) is 6.92 Å². The topological polar surface area (TPSA) is 75.6 Å². The smallest absolute Gasteiger partial charge is 0.240 e. The van der Waals surface area contributed by atoms with Gasteiger partial charge in [0, 0.05) is 11.6 Å². The van der Waals surface area contributed by atoms with Crippen molar-refractivity contribution in [3.05, 3.63) is 23.8 Å². The Hall–Kier alpha value is -1.11. The third-order valence-electron chi connectivity index (χ3n) is 3.86. The van der Waals surface area contributed by atoms with Crippen LogP contribution in [0.25, 0.3) is 0 Å². The van der Waals surface area contributed by atoms with E-state index in [4.69, 9.17) is 4.74 Å². The summed E-state index contributed by atoms with van der Waals surface area (Å²) in [5.74, 6) is 1.16. The minimum Gasteiger partial charge on any atom is -0.496 e. The number of rotatable bonds is 8. The first kappa shape index (κ1) is 16.3. The van der Waals surface area contributed by atoms with Crippen molar-refractivity contribution in [2.75, 3.05) is 7.11 Å². The van der Waals surface area contributed by atoms with Crippen LogP contribution >= 0.6 is 0 Å². The van der Waals surface area contributed by atoms with E-state index in [1.54, 1.807) is 6.07 Å². The molecule has 118 valence electrons. The molecule has 2 rings (SSSR count). The maximum Gasteiger partial charge on any atom is 0.240 e. The third-order valence-corrected chi connectivity index (χ3v) is 5.38. The van der Waals surface area contributed by atoms with Gasteiger partial charge in [-0.25, -0.2) is 13.1 Å². The summed E-state index contributed by atoms with van der Waals surface area (Å²) in [6, 6.07) is 4.51. The van der Waals surface area contributed by atoms with Crippen molar-refractivity contribution in [1.82, 2.24) is 4.72 Å². The molecule has 1 aromatic carbocycles. The summed E-state index contributed by atoms with van der Waals surface area (Å²) in [6.07, 6.45) is 4.09. The number of sulfonamides is 1. The monoisotopic (exact) mass is 313 g/mol. The molecule has 0 bridgehead atoms. The first-order valence-electron chi connectivity index (χ1n) is 7.30. The van der Waals surface area contributed by atoms with Crippen LogP contribution in [0.2, 0.25) is 0 Å². The molecule has 0 aromatic heterocycles. The van der Waals surface area contributed by atoms with Crippen LogP contribution in [0, 0.1) is 5.92 Å². The van der Waals surface area contributed by atoms with E-state index in [0.717, 1.165) is 12.8 Å². The van der Waals surface area contributed by atoms with Crippen LogP contribution in [0.4, 0.5) is 0 Å². The second-order valence-electron chi connectivity index (χ2n) is 5.54. The highest BCUT2D eigenvalue weighted by atomic mass is 32.2. The molecule has 0 amide bonds. The predicted octanol–water partition coefficient (Wildman–Crippen LogP) is 2.04. The Morgan fingerprint density at radius 1 is 1.43 bits per heavy atom. The number of aliphatic hydroxyl groups is 1. The summed E-state index contributed by atoms with van der Waals surface area (Å²) >= 11 is 0. The van der Waals surface area contributed by atoms with Gasteiger partial charge in [-0.2, -0.15) is 0 Å². The Labute approximate surface area is 126 Å². The standard InChI is InChI=1S/C15H23NO4S/c1-3-13(8-11-4-5-11)16-21(18,19)14-6-7-15(20-2)12(9-14)10-17/h6-7,9,11,13,16-17H,3-5,8,10H2,1-2H3. The fourth-order valence-electron chi connectivity index (χ4n) is 2.39. The molecular weight excluding hydrogens is 290 g/mol. The lowest BCUT2D eigenvalue weighted by Crippen LogP contribution is -2.34. The molecule has 1 aliphatic rings. The highest BCUT2D eigenvalue weighted by Crippen LogP contribution is 2.34. The average molecular weight is 313 g/mol. The SMILES string of the molecule is CCC(CC1CC1)NS(=O)(=O)c1ccc(OC)c(CO)c1. The summed E-state index contributed by atoms with van der Waals surface area (Å²) in [4.78, 5) is 0.168. The van der Waals surface area contributed by atoms with E-state index in [2.05, 4.69) is 4.72 Å². The normalized spacial score (nSPS) is 16.7. The molecular formula is C15H23NO4S. The quantitative estimate of drug-likeness (QED) is 0.770. The summed E-state index contributed by atoms with van der Waals surface area (Å²) < 4.78 is 32.7. The van der Waals surface area contributed by atoms with Crippen LogP contribution in [-0.2, 0) is 16.6 Å². The van der Waals surface area contributed by atoms with E-state index in [9.17, 15) is 13.5 Å². The summed E-state index contributed by atoms with van der Waals surface area (Å²) in [7, 11) is -2.07. The third kappa shape index (κ3) is 4.18. The molecule has 1 fully saturated rings. The molecule has 1 aromatic rings. The maximum atomic E-state index is 12.4. The molecule has 2 N–H and O–H groups in total. The van der Waals surface area contributed by atoms with E-state index in [-0.39, 0.29) is 17.5 Å². The number of aliphatic hydroxyl groups excluding tert-OH is 1. The van der Waals surface area contributed by atoms with Gasteiger partial charge in [-0.05, 0) is 37.0 Å².